The molecule has 1 saturated carbocycles. The number of methoxy groups -OCH3 is 1. The lowest BCUT2D eigenvalue weighted by molar-refractivity contribution is 0.143. The Kier molecular flexibility index (Phi) is 4.36. The van der Waals surface area contributed by atoms with E-state index in [1.54, 1.807) is 13.2 Å². The van der Waals surface area contributed by atoms with Gasteiger partial charge in [0.05, 0.1) is 6.61 Å². The van der Waals surface area contributed by atoms with Crippen LogP contribution in [0.4, 0.5) is 4.39 Å². The fourth-order valence-corrected chi connectivity index (χ4v) is 3.08. The van der Waals surface area contributed by atoms with Gasteiger partial charge in [0.15, 0.2) is 0 Å². The number of ether oxygens (including phenoxy) is 1. The molecular formula is C15H22FNO. The molecule has 0 saturated heterocycles. The largest absolute Gasteiger partial charge is 0.383 e. The van der Waals surface area contributed by atoms with Crippen molar-refractivity contribution in [3.63, 3.8) is 0 Å². The van der Waals surface area contributed by atoms with Crippen molar-refractivity contribution in [1.29, 1.82) is 0 Å². The summed E-state index contributed by atoms with van der Waals surface area (Å²) in [6.07, 6.45) is 2.27. The SMILES string of the molecule is COCCNCC1(c2cccc(F)c2)CC(C)C1. The highest BCUT2D eigenvalue weighted by atomic mass is 19.1. The maximum atomic E-state index is 13.4. The molecule has 0 atom stereocenters. The Bertz CT molecular complexity index is 388. The van der Waals surface area contributed by atoms with Crippen LogP contribution in [0.25, 0.3) is 0 Å². The molecule has 2 nitrogen and oxygen atoms in total. The summed E-state index contributed by atoms with van der Waals surface area (Å²) in [5.74, 6) is 0.598. The maximum Gasteiger partial charge on any atom is 0.123 e. The first-order valence-electron chi connectivity index (χ1n) is 6.62. The molecule has 1 N–H and O–H groups in total. The van der Waals surface area contributed by atoms with Gasteiger partial charge in [-0.3, -0.25) is 0 Å². The molecule has 1 aliphatic carbocycles. The van der Waals surface area contributed by atoms with Crippen molar-refractivity contribution in [2.75, 3.05) is 26.8 Å². The first kappa shape index (κ1) is 13.5. The highest BCUT2D eigenvalue weighted by Crippen LogP contribution is 2.47. The normalized spacial score (nSPS) is 26.9. The van der Waals surface area contributed by atoms with E-state index in [1.807, 2.05) is 12.1 Å². The maximum absolute atomic E-state index is 13.4. The number of hydrogen-bond acceptors (Lipinski definition) is 2. The summed E-state index contributed by atoms with van der Waals surface area (Å²) in [5, 5.41) is 3.42. The fourth-order valence-electron chi connectivity index (χ4n) is 3.08. The molecule has 0 radical (unpaired) electrons. The van der Waals surface area contributed by atoms with Gasteiger partial charge in [0.1, 0.15) is 5.82 Å². The summed E-state index contributed by atoms with van der Waals surface area (Å²) in [6.45, 7) is 4.73. The number of nitrogens with one attached hydrogen (secondary N) is 1. The third-order valence-corrected chi connectivity index (χ3v) is 3.86. The van der Waals surface area contributed by atoms with E-state index in [-0.39, 0.29) is 11.2 Å². The Labute approximate surface area is 109 Å². The van der Waals surface area contributed by atoms with Crippen molar-refractivity contribution in [2.24, 2.45) is 5.92 Å². The summed E-state index contributed by atoms with van der Waals surface area (Å²) in [7, 11) is 1.70. The van der Waals surface area contributed by atoms with Gasteiger partial charge >= 0.3 is 0 Å². The van der Waals surface area contributed by atoms with Gasteiger partial charge in [-0.1, -0.05) is 19.1 Å². The van der Waals surface area contributed by atoms with Gasteiger partial charge in [0.2, 0.25) is 0 Å². The molecule has 0 unspecified atom stereocenters. The summed E-state index contributed by atoms with van der Waals surface area (Å²) < 4.78 is 18.4. The predicted octanol–water partition coefficient (Wildman–Crippen LogP) is 2.73. The Hall–Kier alpha value is -0.930. The monoisotopic (exact) mass is 251 g/mol. The summed E-state index contributed by atoms with van der Waals surface area (Å²) in [4.78, 5) is 0. The average Bonchev–Trinajstić information content (AvgIpc) is 2.32. The molecule has 18 heavy (non-hydrogen) atoms. The van der Waals surface area contributed by atoms with Gasteiger partial charge in [-0.15, -0.1) is 0 Å². The van der Waals surface area contributed by atoms with E-state index in [0.717, 1.165) is 44.0 Å². The van der Waals surface area contributed by atoms with Crippen LogP contribution >= 0.6 is 0 Å². The van der Waals surface area contributed by atoms with Crippen LogP contribution in [0.1, 0.15) is 25.3 Å². The second-order valence-corrected chi connectivity index (χ2v) is 5.47. The van der Waals surface area contributed by atoms with Gasteiger partial charge < -0.3 is 10.1 Å². The van der Waals surface area contributed by atoms with E-state index in [4.69, 9.17) is 4.74 Å². The standard InChI is InChI=1S/C15H22FNO/c1-12-9-15(10-12,11-17-6-7-18-2)13-4-3-5-14(16)8-13/h3-5,8,12,17H,6-7,9-11H2,1-2H3. The average molecular weight is 251 g/mol. The van der Waals surface area contributed by atoms with Crippen molar-refractivity contribution >= 4 is 0 Å². The number of hydrogen-bond donors (Lipinski definition) is 1. The zero-order valence-electron chi connectivity index (χ0n) is 11.2. The Balaban J connectivity index is 2.03. The molecule has 1 fully saturated rings. The first-order chi connectivity index (χ1) is 8.66. The van der Waals surface area contributed by atoms with Crippen molar-refractivity contribution < 1.29 is 9.13 Å². The Morgan fingerprint density at radius 1 is 1.44 bits per heavy atom. The third kappa shape index (κ3) is 2.90. The summed E-state index contributed by atoms with van der Waals surface area (Å²) in [6, 6.07) is 7.05. The molecule has 1 aromatic carbocycles. The van der Waals surface area contributed by atoms with E-state index in [0.29, 0.717) is 0 Å². The molecule has 0 aromatic heterocycles. The molecule has 1 aromatic rings. The summed E-state index contributed by atoms with van der Waals surface area (Å²) in [5.41, 5.74) is 1.25. The smallest absolute Gasteiger partial charge is 0.123 e. The molecule has 3 heteroatoms. The predicted molar refractivity (Wildman–Crippen MR) is 71.2 cm³/mol. The number of benzene rings is 1. The van der Waals surface area contributed by atoms with Crippen molar-refractivity contribution in [1.82, 2.24) is 5.32 Å². The lowest BCUT2D eigenvalue weighted by atomic mass is 9.59. The molecule has 0 aliphatic heterocycles. The third-order valence-electron chi connectivity index (χ3n) is 3.86. The van der Waals surface area contributed by atoms with Crippen LogP contribution in [-0.4, -0.2) is 26.8 Å². The Morgan fingerprint density at radius 2 is 2.22 bits per heavy atom. The van der Waals surface area contributed by atoms with Gasteiger partial charge in [0, 0.05) is 25.6 Å². The van der Waals surface area contributed by atoms with Crippen LogP contribution in [0.15, 0.2) is 24.3 Å². The van der Waals surface area contributed by atoms with Crippen molar-refractivity contribution in [3.8, 4) is 0 Å². The van der Waals surface area contributed by atoms with E-state index >= 15 is 0 Å². The topological polar surface area (TPSA) is 21.3 Å². The van der Waals surface area contributed by atoms with Crippen LogP contribution < -0.4 is 5.32 Å². The highest BCUT2D eigenvalue weighted by Gasteiger charge is 2.43. The van der Waals surface area contributed by atoms with Gasteiger partial charge in [-0.2, -0.15) is 0 Å². The van der Waals surface area contributed by atoms with Crippen LogP contribution in [0.2, 0.25) is 0 Å². The molecule has 1 aliphatic rings. The van der Waals surface area contributed by atoms with E-state index in [2.05, 4.69) is 12.2 Å². The molecule has 0 bridgehead atoms. The summed E-state index contributed by atoms with van der Waals surface area (Å²) >= 11 is 0. The Morgan fingerprint density at radius 3 is 2.83 bits per heavy atom. The zero-order chi connectivity index (χ0) is 13.0. The van der Waals surface area contributed by atoms with Gasteiger partial charge in [-0.25, -0.2) is 4.39 Å². The van der Waals surface area contributed by atoms with Crippen molar-refractivity contribution in [2.45, 2.75) is 25.2 Å². The van der Waals surface area contributed by atoms with Crippen molar-refractivity contribution in [3.05, 3.63) is 35.6 Å². The minimum atomic E-state index is -0.136. The fraction of sp³-hybridized carbons (Fsp3) is 0.600. The van der Waals surface area contributed by atoms with Gasteiger partial charge in [0.25, 0.3) is 0 Å². The minimum absolute atomic E-state index is 0.120. The van der Waals surface area contributed by atoms with Crippen LogP contribution in [0.3, 0.4) is 0 Å². The molecule has 100 valence electrons. The minimum Gasteiger partial charge on any atom is -0.383 e. The second kappa shape index (κ2) is 5.81. The lowest BCUT2D eigenvalue weighted by Crippen LogP contribution is -2.48. The molecular weight excluding hydrogens is 229 g/mol. The van der Waals surface area contributed by atoms with E-state index in [1.165, 1.54) is 6.07 Å². The number of rotatable bonds is 6. The molecule has 0 heterocycles. The molecule has 2 rings (SSSR count). The second-order valence-electron chi connectivity index (χ2n) is 5.47. The lowest BCUT2D eigenvalue weighted by Gasteiger charge is -2.47. The van der Waals surface area contributed by atoms with Gasteiger partial charge in [-0.05, 0) is 36.5 Å². The zero-order valence-corrected chi connectivity index (χ0v) is 11.2. The number of halogens is 1. The molecule has 0 amide bonds. The highest BCUT2D eigenvalue weighted by molar-refractivity contribution is 5.30. The molecule has 0 spiro atoms. The van der Waals surface area contributed by atoms with Crippen LogP contribution in [0.5, 0.6) is 0 Å². The van der Waals surface area contributed by atoms with E-state index < -0.39 is 0 Å². The van der Waals surface area contributed by atoms with Crippen LogP contribution in [0, 0.1) is 11.7 Å². The van der Waals surface area contributed by atoms with E-state index in [9.17, 15) is 4.39 Å². The van der Waals surface area contributed by atoms with Crippen LogP contribution in [-0.2, 0) is 10.2 Å². The quantitative estimate of drug-likeness (QED) is 0.785. The first-order valence-corrected chi connectivity index (χ1v) is 6.62.